The van der Waals surface area contributed by atoms with Crippen molar-refractivity contribution in [2.75, 3.05) is 16.0 Å². The van der Waals surface area contributed by atoms with Gasteiger partial charge in [0.1, 0.15) is 18.0 Å². The summed E-state index contributed by atoms with van der Waals surface area (Å²) in [6.45, 7) is 0. The molecule has 0 atom stereocenters. The monoisotopic (exact) mass is 444 g/mol. The van der Waals surface area contributed by atoms with Gasteiger partial charge in [0, 0.05) is 42.4 Å². The summed E-state index contributed by atoms with van der Waals surface area (Å²) >= 11 is 0. The first kappa shape index (κ1) is 20.8. The lowest BCUT2D eigenvalue weighted by Crippen LogP contribution is -2.33. The lowest BCUT2D eigenvalue weighted by molar-refractivity contribution is 0.102. The molecule has 168 valence electrons. The second kappa shape index (κ2) is 9.17. The van der Waals surface area contributed by atoms with Gasteiger partial charge in [-0.05, 0) is 43.9 Å². The summed E-state index contributed by atoms with van der Waals surface area (Å²) in [7, 11) is 0. The van der Waals surface area contributed by atoms with Crippen molar-refractivity contribution in [3.8, 4) is 0 Å². The van der Waals surface area contributed by atoms with E-state index < -0.39 is 0 Å². The van der Waals surface area contributed by atoms with Crippen LogP contribution in [0.15, 0.2) is 55.4 Å². The zero-order chi connectivity index (χ0) is 22.6. The Bertz CT molecular complexity index is 1240. The molecule has 5 rings (SSSR count). The lowest BCUT2D eigenvalue weighted by Gasteiger charge is -2.27. The Hall–Kier alpha value is -4.12. The van der Waals surface area contributed by atoms with E-state index in [1.165, 1.54) is 17.0 Å². The number of nitrogens with one attached hydrogen (secondary N) is 3. The highest BCUT2D eigenvalue weighted by Gasteiger charge is 2.21. The van der Waals surface area contributed by atoms with Gasteiger partial charge in [-0.2, -0.15) is 0 Å². The summed E-state index contributed by atoms with van der Waals surface area (Å²) in [6.07, 6.45) is 11.7. The van der Waals surface area contributed by atoms with E-state index in [0.717, 1.165) is 25.7 Å². The summed E-state index contributed by atoms with van der Waals surface area (Å²) in [5.41, 5.74) is 8.17. The normalized spacial score (nSPS) is 18.1. The van der Waals surface area contributed by atoms with E-state index in [0.29, 0.717) is 34.4 Å². The van der Waals surface area contributed by atoms with Crippen molar-refractivity contribution in [2.45, 2.75) is 37.8 Å². The number of carbonyl (C=O) groups is 1. The molecule has 11 heteroatoms. The fourth-order valence-electron chi connectivity index (χ4n) is 3.89. The average molecular weight is 445 g/mol. The van der Waals surface area contributed by atoms with Gasteiger partial charge in [0.05, 0.1) is 11.9 Å². The van der Waals surface area contributed by atoms with Crippen LogP contribution in [0.3, 0.4) is 0 Å². The highest BCUT2D eigenvalue weighted by Crippen LogP contribution is 2.26. The molecule has 0 saturated heterocycles. The summed E-state index contributed by atoms with van der Waals surface area (Å²) in [5.74, 6) is 0.920. The maximum atomic E-state index is 13.0. The number of imidazole rings is 1. The van der Waals surface area contributed by atoms with Gasteiger partial charge >= 0.3 is 0 Å². The van der Waals surface area contributed by atoms with Gasteiger partial charge in [-0.1, -0.05) is 0 Å². The third-order valence-corrected chi connectivity index (χ3v) is 5.61. The minimum atomic E-state index is -0.324. The van der Waals surface area contributed by atoms with E-state index >= 15 is 0 Å². The van der Waals surface area contributed by atoms with E-state index in [9.17, 15) is 4.79 Å². The molecule has 1 aliphatic rings. The van der Waals surface area contributed by atoms with Crippen LogP contribution >= 0.6 is 0 Å². The standard InChI is InChI=1S/C22H24N10O/c23-14-1-3-15(4-2-14)28-20-11-17(30-19-7-10-25-13-27-19)21-26-12-18(32(21)31-20)22(33)29-16-5-8-24-9-6-16/h5-15H,1-4,23H2,(H,28,31)(H,24,29,33)(H,25,27,30)/t14-,15-. The van der Waals surface area contributed by atoms with Crippen molar-refractivity contribution >= 4 is 34.6 Å². The number of nitrogens with zero attached hydrogens (tertiary/aromatic N) is 6. The number of nitrogens with two attached hydrogens (primary N) is 1. The van der Waals surface area contributed by atoms with Crippen molar-refractivity contribution < 1.29 is 4.79 Å². The van der Waals surface area contributed by atoms with Gasteiger partial charge in [-0.15, -0.1) is 5.10 Å². The highest BCUT2D eigenvalue weighted by molar-refractivity contribution is 6.03. The first-order chi connectivity index (χ1) is 16.2. The van der Waals surface area contributed by atoms with Gasteiger partial charge in [0.2, 0.25) is 0 Å². The number of pyridine rings is 1. The molecular formula is C22H24N10O. The van der Waals surface area contributed by atoms with Crippen molar-refractivity contribution in [1.82, 2.24) is 29.5 Å². The van der Waals surface area contributed by atoms with Gasteiger partial charge in [0.15, 0.2) is 11.3 Å². The first-order valence-electron chi connectivity index (χ1n) is 10.8. The average Bonchev–Trinajstić information content (AvgIpc) is 3.26. The molecule has 33 heavy (non-hydrogen) atoms. The quantitative estimate of drug-likeness (QED) is 0.352. The Morgan fingerprint density at radius 3 is 2.55 bits per heavy atom. The largest absolute Gasteiger partial charge is 0.366 e. The van der Waals surface area contributed by atoms with Crippen molar-refractivity contribution in [1.29, 1.82) is 0 Å². The van der Waals surface area contributed by atoms with E-state index in [2.05, 4.69) is 41.0 Å². The van der Waals surface area contributed by atoms with E-state index in [4.69, 9.17) is 5.73 Å². The Morgan fingerprint density at radius 1 is 1.00 bits per heavy atom. The van der Waals surface area contributed by atoms with Crippen LogP contribution in [0.5, 0.6) is 0 Å². The second-order valence-corrected chi connectivity index (χ2v) is 7.99. The zero-order valence-corrected chi connectivity index (χ0v) is 17.8. The van der Waals surface area contributed by atoms with Crippen LogP contribution in [0.2, 0.25) is 0 Å². The number of amides is 1. The molecule has 1 saturated carbocycles. The van der Waals surface area contributed by atoms with Crippen molar-refractivity contribution in [3.63, 3.8) is 0 Å². The molecule has 1 fully saturated rings. The number of hydrogen-bond acceptors (Lipinski definition) is 9. The van der Waals surface area contributed by atoms with Crippen molar-refractivity contribution in [3.05, 3.63) is 61.1 Å². The predicted octanol–water partition coefficient (Wildman–Crippen LogP) is 2.59. The molecule has 0 unspecified atom stereocenters. The first-order valence-corrected chi connectivity index (χ1v) is 10.8. The molecular weight excluding hydrogens is 420 g/mol. The Labute approximate surface area is 189 Å². The molecule has 11 nitrogen and oxygen atoms in total. The Morgan fingerprint density at radius 2 is 1.79 bits per heavy atom. The molecule has 0 aliphatic heterocycles. The molecule has 0 aromatic carbocycles. The number of rotatable bonds is 6. The maximum Gasteiger partial charge on any atom is 0.276 e. The summed E-state index contributed by atoms with van der Waals surface area (Å²) in [6, 6.07) is 7.59. The molecule has 5 N–H and O–H groups in total. The second-order valence-electron chi connectivity index (χ2n) is 7.99. The molecule has 4 heterocycles. The molecule has 4 aromatic heterocycles. The van der Waals surface area contributed by atoms with E-state index in [-0.39, 0.29) is 18.0 Å². The van der Waals surface area contributed by atoms with Gasteiger partial charge < -0.3 is 21.7 Å². The number of aromatic nitrogens is 6. The van der Waals surface area contributed by atoms with Gasteiger partial charge in [-0.25, -0.2) is 19.5 Å². The van der Waals surface area contributed by atoms with Crippen LogP contribution in [-0.4, -0.2) is 47.5 Å². The van der Waals surface area contributed by atoms with Crippen LogP contribution in [0.1, 0.15) is 36.2 Å². The fraction of sp³-hybridized carbons (Fsp3) is 0.273. The van der Waals surface area contributed by atoms with Crippen LogP contribution in [0.4, 0.5) is 23.0 Å². The SMILES string of the molecule is N[C@H]1CC[C@H](Nc2cc(Nc3ccncn3)c3ncc(C(=O)Nc4ccncc4)n3n2)CC1. The van der Waals surface area contributed by atoms with Gasteiger partial charge in [0.25, 0.3) is 5.91 Å². The number of anilines is 4. The Balaban J connectivity index is 1.49. The molecule has 0 radical (unpaired) electrons. The topological polar surface area (TPSA) is 148 Å². The van der Waals surface area contributed by atoms with E-state index in [1.54, 1.807) is 36.8 Å². The summed E-state index contributed by atoms with van der Waals surface area (Å²) in [5, 5.41) is 14.3. The highest BCUT2D eigenvalue weighted by atomic mass is 16.2. The van der Waals surface area contributed by atoms with Crippen LogP contribution in [0, 0.1) is 0 Å². The number of fused-ring (bicyclic) bond motifs is 1. The Kier molecular flexibility index (Phi) is 5.77. The smallest absolute Gasteiger partial charge is 0.276 e. The molecule has 0 bridgehead atoms. The van der Waals surface area contributed by atoms with Crippen LogP contribution < -0.4 is 21.7 Å². The number of hydrogen-bond donors (Lipinski definition) is 4. The van der Waals surface area contributed by atoms with Gasteiger partial charge in [-0.3, -0.25) is 9.78 Å². The van der Waals surface area contributed by atoms with E-state index in [1.807, 2.05) is 6.07 Å². The maximum absolute atomic E-state index is 13.0. The minimum Gasteiger partial charge on any atom is -0.366 e. The van der Waals surface area contributed by atoms with Crippen molar-refractivity contribution in [2.24, 2.45) is 5.73 Å². The third-order valence-electron chi connectivity index (χ3n) is 5.61. The summed E-state index contributed by atoms with van der Waals surface area (Å²) < 4.78 is 1.54. The summed E-state index contributed by atoms with van der Waals surface area (Å²) in [4.78, 5) is 29.6. The minimum absolute atomic E-state index is 0.255. The molecule has 1 aliphatic carbocycles. The molecule has 0 spiro atoms. The zero-order valence-electron chi connectivity index (χ0n) is 17.8. The number of carbonyl (C=O) groups excluding carboxylic acids is 1. The lowest BCUT2D eigenvalue weighted by atomic mass is 9.92. The van der Waals surface area contributed by atoms with Crippen LogP contribution in [-0.2, 0) is 0 Å². The fourth-order valence-corrected chi connectivity index (χ4v) is 3.89. The molecule has 1 amide bonds. The molecule has 4 aromatic rings. The van der Waals surface area contributed by atoms with Crippen LogP contribution in [0.25, 0.3) is 5.65 Å². The predicted molar refractivity (Wildman–Crippen MR) is 124 cm³/mol. The third kappa shape index (κ3) is 4.72.